The number of allylic oxidation sites excluding steroid dienone is 1. The molecule has 0 saturated carbocycles. The molecule has 1 unspecified atom stereocenters. The van der Waals surface area contributed by atoms with Crippen molar-refractivity contribution in [3.63, 3.8) is 0 Å². The molecule has 0 aliphatic rings. The van der Waals surface area contributed by atoms with Crippen LogP contribution in [0.3, 0.4) is 0 Å². The first-order chi connectivity index (χ1) is 7.57. The zero-order valence-corrected chi connectivity index (χ0v) is 13.0. The van der Waals surface area contributed by atoms with Gasteiger partial charge in [0, 0.05) is 19.6 Å². The molecule has 3 N–H and O–H groups in total. The maximum Gasteiger partial charge on any atom is 1.00 e. The van der Waals surface area contributed by atoms with Crippen molar-refractivity contribution in [2.45, 2.75) is 32.7 Å². The Morgan fingerprint density at radius 1 is 1.47 bits per heavy atom. The van der Waals surface area contributed by atoms with Gasteiger partial charge < -0.3 is 20.8 Å². The predicted molar refractivity (Wildman–Crippen MR) is 61.0 cm³/mol. The summed E-state index contributed by atoms with van der Waals surface area (Å²) in [4.78, 5) is 10.4. The van der Waals surface area contributed by atoms with E-state index < -0.39 is 12.0 Å². The second-order valence-corrected chi connectivity index (χ2v) is 3.65. The molecule has 0 spiro atoms. The van der Waals surface area contributed by atoms with Gasteiger partial charge in [0.25, 0.3) is 0 Å². The molecule has 94 valence electrons. The van der Waals surface area contributed by atoms with Crippen LogP contribution in [0.25, 0.3) is 0 Å². The molecule has 0 heterocycles. The van der Waals surface area contributed by atoms with E-state index in [0.29, 0.717) is 19.6 Å². The third-order valence-corrected chi connectivity index (χ3v) is 2.08. The van der Waals surface area contributed by atoms with Crippen molar-refractivity contribution in [1.29, 1.82) is 0 Å². The molecule has 1 atom stereocenters. The minimum atomic E-state index is -0.868. The van der Waals surface area contributed by atoms with Gasteiger partial charge in [-0.3, -0.25) is 4.79 Å². The van der Waals surface area contributed by atoms with Crippen molar-refractivity contribution in [1.82, 2.24) is 10.6 Å². The average molecular weight is 252 g/mol. The van der Waals surface area contributed by atoms with Crippen molar-refractivity contribution < 1.29 is 44.6 Å². The summed E-state index contributed by atoms with van der Waals surface area (Å²) < 4.78 is 0. The molecule has 0 aromatic heterocycles. The van der Waals surface area contributed by atoms with Crippen molar-refractivity contribution in [2.75, 3.05) is 19.6 Å². The van der Waals surface area contributed by atoms with Gasteiger partial charge in [-0.1, -0.05) is 19.4 Å². The van der Waals surface area contributed by atoms with Gasteiger partial charge in [0.15, 0.2) is 0 Å². The fourth-order valence-corrected chi connectivity index (χ4v) is 1.05. The van der Waals surface area contributed by atoms with Crippen LogP contribution in [0.4, 0.5) is 0 Å². The van der Waals surface area contributed by atoms with E-state index in [1.807, 2.05) is 6.92 Å². The summed E-state index contributed by atoms with van der Waals surface area (Å²) in [5.41, 5.74) is 0. The van der Waals surface area contributed by atoms with Gasteiger partial charge in [-0.2, -0.15) is 0 Å². The average Bonchev–Trinajstić information content (AvgIpc) is 2.25. The fraction of sp³-hybridized carbons (Fsp3) is 0.727. The molecule has 0 aliphatic carbocycles. The minimum Gasteiger partial charge on any atom is -0.875 e. The van der Waals surface area contributed by atoms with Crippen LogP contribution in [-0.4, -0.2) is 36.8 Å². The Labute approximate surface area is 125 Å². The van der Waals surface area contributed by atoms with Crippen LogP contribution in [0.1, 0.15) is 26.7 Å². The summed E-state index contributed by atoms with van der Waals surface area (Å²) >= 11 is 0. The van der Waals surface area contributed by atoms with Crippen LogP contribution < -0.4 is 45.3 Å². The van der Waals surface area contributed by atoms with E-state index in [-0.39, 0.29) is 35.3 Å². The molecule has 0 aromatic carbocycles. The van der Waals surface area contributed by atoms with Gasteiger partial charge in [0.05, 0.1) is 0 Å². The van der Waals surface area contributed by atoms with Crippen molar-refractivity contribution in [2.24, 2.45) is 0 Å². The Kier molecular flexibility index (Phi) is 14.0. The van der Waals surface area contributed by atoms with Crippen molar-refractivity contribution >= 4 is 5.97 Å². The van der Waals surface area contributed by atoms with Gasteiger partial charge in [-0.15, -0.1) is 5.76 Å². The zero-order valence-electron chi connectivity index (χ0n) is 11.0. The van der Waals surface area contributed by atoms with E-state index in [2.05, 4.69) is 10.6 Å². The number of hydrogen-bond acceptors (Lipinski definition) is 4. The number of unbranched alkanes of at least 4 members (excludes halogenated alkanes) is 1. The molecular weight excluding hydrogens is 231 g/mol. The molecule has 0 aliphatic heterocycles. The Morgan fingerprint density at radius 3 is 2.65 bits per heavy atom. The second-order valence-electron chi connectivity index (χ2n) is 3.65. The Hall–Kier alpha value is -0.0700. The molecule has 6 heteroatoms. The number of carbonyl (C=O) groups is 1. The summed E-state index contributed by atoms with van der Waals surface area (Å²) in [7, 11) is 0. The Morgan fingerprint density at radius 2 is 2.12 bits per heavy atom. The van der Waals surface area contributed by atoms with Crippen molar-refractivity contribution in [3.8, 4) is 0 Å². The standard InChI is InChI=1S/C11H22N2O3.Na/c1-3-4-5-10(14)8-12-6-7-13-9(2)11(15)16;/h5,9,12-14H,3-4,6-8H2,1-2H3,(H,15,16);/q;+1/p-1/b10-5-;. The first-order valence-corrected chi connectivity index (χ1v) is 5.60. The molecule has 0 amide bonds. The summed E-state index contributed by atoms with van der Waals surface area (Å²) in [6.07, 6.45) is 3.47. The maximum absolute atomic E-state index is 11.2. The molecule has 0 rings (SSSR count). The molecule has 17 heavy (non-hydrogen) atoms. The molecule has 0 saturated heterocycles. The van der Waals surface area contributed by atoms with Gasteiger partial charge >= 0.3 is 35.5 Å². The fourth-order valence-electron chi connectivity index (χ4n) is 1.05. The first-order valence-electron chi connectivity index (χ1n) is 5.60. The largest absolute Gasteiger partial charge is 1.00 e. The van der Waals surface area contributed by atoms with Crippen LogP contribution in [0.5, 0.6) is 0 Å². The predicted octanol–water partition coefficient (Wildman–Crippen LogP) is -3.31. The van der Waals surface area contributed by atoms with E-state index in [1.165, 1.54) is 0 Å². The quantitative estimate of drug-likeness (QED) is 0.227. The SMILES string of the molecule is CCC/C=C(\[O-])CNCCNC(C)C(=O)O.[Na+]. The van der Waals surface area contributed by atoms with Crippen LogP contribution in [0.15, 0.2) is 11.8 Å². The number of hydrogen-bond donors (Lipinski definition) is 3. The second kappa shape index (κ2) is 12.4. The Bertz CT molecular complexity index is 235. The number of rotatable bonds is 9. The number of carboxylic acid groups (broad SMARTS) is 1. The number of carboxylic acids is 1. The third-order valence-electron chi connectivity index (χ3n) is 2.08. The molecule has 0 aromatic rings. The number of nitrogens with one attached hydrogen (secondary N) is 2. The van der Waals surface area contributed by atoms with Crippen LogP contribution in [-0.2, 0) is 4.79 Å². The van der Waals surface area contributed by atoms with Crippen molar-refractivity contribution in [3.05, 3.63) is 11.8 Å². The maximum atomic E-state index is 11.2. The van der Waals surface area contributed by atoms with E-state index in [9.17, 15) is 9.90 Å². The third kappa shape index (κ3) is 12.2. The smallest absolute Gasteiger partial charge is 0.875 e. The monoisotopic (exact) mass is 252 g/mol. The van der Waals surface area contributed by atoms with Crippen LogP contribution >= 0.6 is 0 Å². The molecule has 5 nitrogen and oxygen atoms in total. The van der Waals surface area contributed by atoms with Gasteiger partial charge in [0.1, 0.15) is 6.04 Å². The number of aliphatic carboxylic acids is 1. The first kappa shape index (κ1) is 19.3. The van der Waals surface area contributed by atoms with E-state index in [0.717, 1.165) is 12.8 Å². The molecular formula is C11H21N2NaO3. The molecule has 0 radical (unpaired) electrons. The van der Waals surface area contributed by atoms with Crippen LogP contribution in [0.2, 0.25) is 0 Å². The van der Waals surface area contributed by atoms with Gasteiger partial charge in [0.2, 0.25) is 0 Å². The molecule has 0 fully saturated rings. The normalized spacial score (nSPS) is 12.9. The van der Waals surface area contributed by atoms with Gasteiger partial charge in [-0.25, -0.2) is 0 Å². The summed E-state index contributed by atoms with van der Waals surface area (Å²) in [5, 5.41) is 25.5. The van der Waals surface area contributed by atoms with E-state index in [1.54, 1.807) is 13.0 Å². The zero-order chi connectivity index (χ0) is 12.4. The topological polar surface area (TPSA) is 84.4 Å². The van der Waals surface area contributed by atoms with Crippen LogP contribution in [0, 0.1) is 0 Å². The van der Waals surface area contributed by atoms with E-state index in [4.69, 9.17) is 5.11 Å². The summed E-state index contributed by atoms with van der Waals surface area (Å²) in [5.74, 6) is -0.777. The summed E-state index contributed by atoms with van der Waals surface area (Å²) in [6, 6.07) is -0.552. The Balaban J connectivity index is 0. The van der Waals surface area contributed by atoms with E-state index >= 15 is 0 Å². The minimum absolute atomic E-state index is 0. The van der Waals surface area contributed by atoms with Gasteiger partial charge in [-0.05, 0) is 13.3 Å². The molecule has 0 bridgehead atoms. The summed E-state index contributed by atoms with van der Waals surface area (Å²) in [6.45, 7) is 5.05.